The highest BCUT2D eigenvalue weighted by molar-refractivity contribution is 6.17. The molecule has 252 valence electrons. The molecule has 1 aliphatic rings. The van der Waals surface area contributed by atoms with Crippen LogP contribution in [0.2, 0.25) is 0 Å². The van der Waals surface area contributed by atoms with Crippen molar-refractivity contribution in [2.24, 2.45) is 10.8 Å². The van der Waals surface area contributed by atoms with Crippen LogP contribution in [0.1, 0.15) is 106 Å². The van der Waals surface area contributed by atoms with E-state index in [1.54, 1.807) is 0 Å². The molecule has 7 rings (SSSR count). The van der Waals surface area contributed by atoms with Crippen LogP contribution in [0.5, 0.6) is 11.5 Å². The van der Waals surface area contributed by atoms with Gasteiger partial charge in [-0.25, -0.2) is 15.0 Å². The molecule has 5 nitrogen and oxygen atoms in total. The predicted octanol–water partition coefficient (Wildman–Crippen LogP) is 11.9. The molecule has 0 saturated carbocycles. The van der Waals surface area contributed by atoms with Gasteiger partial charge in [0.25, 0.3) is 0 Å². The number of pyridine rings is 1. The second-order valence-corrected chi connectivity index (χ2v) is 18.6. The highest BCUT2D eigenvalue weighted by Gasteiger charge is 2.30. The van der Waals surface area contributed by atoms with E-state index in [0.29, 0.717) is 5.82 Å². The zero-order valence-corrected chi connectivity index (χ0v) is 31.4. The number of nitrogens with zero attached hydrogens (tertiary/aromatic N) is 4. The zero-order valence-electron chi connectivity index (χ0n) is 31.4. The van der Waals surface area contributed by atoms with Gasteiger partial charge in [0.15, 0.2) is 5.82 Å². The van der Waals surface area contributed by atoms with Crippen LogP contribution in [0.3, 0.4) is 0 Å². The van der Waals surface area contributed by atoms with Gasteiger partial charge >= 0.3 is 0 Å². The van der Waals surface area contributed by atoms with Crippen LogP contribution >= 0.6 is 0 Å². The first-order valence-corrected chi connectivity index (χ1v) is 17.6. The van der Waals surface area contributed by atoms with Gasteiger partial charge in [-0.2, -0.15) is 0 Å². The smallest absolute Gasteiger partial charge is 0.163 e. The lowest BCUT2D eigenvalue weighted by Gasteiger charge is -2.28. The molecule has 0 spiro atoms. The summed E-state index contributed by atoms with van der Waals surface area (Å²) in [4.78, 5) is 20.0. The van der Waals surface area contributed by atoms with Gasteiger partial charge in [-0.1, -0.05) is 113 Å². The Morgan fingerprint density at radius 1 is 0.592 bits per heavy atom. The van der Waals surface area contributed by atoms with Crippen molar-refractivity contribution >= 4 is 32.3 Å². The first-order valence-electron chi connectivity index (χ1n) is 17.6. The molecule has 0 unspecified atom stereocenters. The third kappa shape index (κ3) is 6.29. The van der Waals surface area contributed by atoms with E-state index in [-0.39, 0.29) is 21.7 Å². The Kier molecular flexibility index (Phi) is 7.48. The van der Waals surface area contributed by atoms with E-state index in [1.165, 1.54) is 21.9 Å². The summed E-state index contributed by atoms with van der Waals surface area (Å²) in [6.07, 6.45) is 3.86. The van der Waals surface area contributed by atoms with Crippen LogP contribution in [0.25, 0.3) is 55.0 Å². The Bertz CT molecular complexity index is 2260. The van der Waals surface area contributed by atoms with Crippen molar-refractivity contribution in [3.63, 3.8) is 0 Å². The highest BCUT2D eigenvalue weighted by atomic mass is 16.5. The molecule has 2 aromatic heterocycles. The topological polar surface area (TPSA) is 60.8 Å². The monoisotopic (exact) mass is 650 g/mol. The summed E-state index contributed by atoms with van der Waals surface area (Å²) in [5, 5.41) is 6.91. The molecular formula is C44H50N4O. The number of benzene rings is 4. The number of hydrogen-bond acceptors (Lipinski definition) is 5. The lowest BCUT2D eigenvalue weighted by Crippen LogP contribution is -2.24. The summed E-state index contributed by atoms with van der Waals surface area (Å²) in [7, 11) is 0. The van der Waals surface area contributed by atoms with Gasteiger partial charge in [-0.15, -0.1) is 0 Å². The molecule has 0 N–H and O–H groups in total. The highest BCUT2D eigenvalue weighted by Crippen LogP contribution is 2.52. The lowest BCUT2D eigenvalue weighted by atomic mass is 9.82. The van der Waals surface area contributed by atoms with Crippen molar-refractivity contribution in [2.45, 2.75) is 107 Å². The molecule has 49 heavy (non-hydrogen) atoms. The van der Waals surface area contributed by atoms with Crippen LogP contribution in [-0.2, 0) is 23.7 Å². The van der Waals surface area contributed by atoms with Crippen LogP contribution in [-0.4, -0.2) is 19.9 Å². The fraction of sp³-hybridized carbons (Fsp3) is 0.409. The van der Waals surface area contributed by atoms with Crippen molar-refractivity contribution in [3.8, 4) is 34.1 Å². The summed E-state index contributed by atoms with van der Waals surface area (Å²) in [5.74, 6) is 4.10. The van der Waals surface area contributed by atoms with Crippen molar-refractivity contribution in [3.05, 3.63) is 83.6 Å². The third-order valence-corrected chi connectivity index (χ3v) is 9.23. The Hall–Kier alpha value is -4.38. The summed E-state index contributed by atoms with van der Waals surface area (Å²) in [5.41, 5.74) is 5.48. The fourth-order valence-electron chi connectivity index (χ4n) is 7.01. The van der Waals surface area contributed by atoms with E-state index < -0.39 is 0 Å². The molecule has 0 saturated heterocycles. The summed E-state index contributed by atoms with van der Waals surface area (Å²) < 4.78 is 7.00. The number of fused-ring (bicyclic) bond motifs is 5. The average molecular weight is 651 g/mol. The molecule has 0 aliphatic carbocycles. The number of rotatable bonds is 3. The molecule has 0 amide bonds. The van der Waals surface area contributed by atoms with Crippen LogP contribution < -0.4 is 4.74 Å². The quantitative estimate of drug-likeness (QED) is 0.178. The average Bonchev–Trinajstić information content (AvgIpc) is 2.99. The third-order valence-electron chi connectivity index (χ3n) is 9.23. The van der Waals surface area contributed by atoms with Gasteiger partial charge in [-0.05, 0) is 80.4 Å². The SMILES string of the molecule is CC(C)(C)Cc1ccc2c(CC(C)(C)C)c3c(cc2c1)-c1nccc2c1c(cc1ccc(-c4nc(C(C)(C)C)nc(C(C)(C)C)n4)cc12)O3. The maximum Gasteiger partial charge on any atom is 0.163 e. The van der Waals surface area contributed by atoms with Gasteiger partial charge in [0.05, 0.1) is 11.1 Å². The Balaban J connectivity index is 1.46. The predicted molar refractivity (Wildman–Crippen MR) is 205 cm³/mol. The maximum atomic E-state index is 7.00. The van der Waals surface area contributed by atoms with E-state index in [9.17, 15) is 0 Å². The fourth-order valence-corrected chi connectivity index (χ4v) is 7.01. The van der Waals surface area contributed by atoms with Crippen molar-refractivity contribution in [2.75, 3.05) is 0 Å². The molecular weight excluding hydrogens is 601 g/mol. The normalized spacial score (nSPS) is 13.6. The summed E-state index contributed by atoms with van der Waals surface area (Å²) in [6.45, 7) is 26.7. The van der Waals surface area contributed by atoms with Crippen molar-refractivity contribution in [1.29, 1.82) is 0 Å². The minimum atomic E-state index is -0.206. The van der Waals surface area contributed by atoms with Crippen LogP contribution in [0.4, 0.5) is 0 Å². The lowest BCUT2D eigenvalue weighted by molar-refractivity contribution is 0.400. The van der Waals surface area contributed by atoms with E-state index in [1.807, 2.05) is 6.20 Å². The molecule has 0 bridgehead atoms. The van der Waals surface area contributed by atoms with Gasteiger partial charge in [0.2, 0.25) is 0 Å². The Morgan fingerprint density at radius 2 is 1.27 bits per heavy atom. The molecule has 5 heteroatoms. The Labute approximate surface area is 291 Å². The van der Waals surface area contributed by atoms with E-state index in [2.05, 4.69) is 138 Å². The Morgan fingerprint density at radius 3 is 1.90 bits per heavy atom. The summed E-state index contributed by atoms with van der Waals surface area (Å²) in [6, 6.07) is 20.1. The molecule has 0 fully saturated rings. The molecule has 6 aromatic rings. The molecule has 1 aliphatic heterocycles. The minimum Gasteiger partial charge on any atom is -0.456 e. The molecule has 3 heterocycles. The van der Waals surface area contributed by atoms with Gasteiger partial charge in [0.1, 0.15) is 23.1 Å². The second-order valence-electron chi connectivity index (χ2n) is 18.6. The van der Waals surface area contributed by atoms with Gasteiger partial charge < -0.3 is 4.74 Å². The number of hydrogen-bond donors (Lipinski definition) is 0. The molecule has 4 aromatic carbocycles. The largest absolute Gasteiger partial charge is 0.456 e. The van der Waals surface area contributed by atoms with Crippen LogP contribution in [0, 0.1) is 10.8 Å². The standard InChI is InChI=1S/C44H50N4O/c1-41(2,3)23-25-13-16-29-28(19-25)21-32-36-35-30(17-18-45-36)31-20-27(38-46-39(43(7,8)9)48-40(47-38)44(10,11)12)15-14-26(31)22-34(35)49-37(32)33(29)24-42(4,5)6/h13-22H,23-24H2,1-12H3. The minimum absolute atomic E-state index is 0.0731. The van der Waals surface area contributed by atoms with E-state index in [0.717, 1.165) is 74.4 Å². The zero-order chi connectivity index (χ0) is 35.3. The van der Waals surface area contributed by atoms with Gasteiger partial charge in [0, 0.05) is 33.7 Å². The van der Waals surface area contributed by atoms with Crippen LogP contribution in [0.15, 0.2) is 60.8 Å². The summed E-state index contributed by atoms with van der Waals surface area (Å²) >= 11 is 0. The van der Waals surface area contributed by atoms with Gasteiger partial charge in [-0.3, -0.25) is 4.98 Å². The maximum absolute atomic E-state index is 7.00. The van der Waals surface area contributed by atoms with Crippen molar-refractivity contribution in [1.82, 2.24) is 19.9 Å². The molecule has 0 atom stereocenters. The first kappa shape index (κ1) is 33.1. The van der Waals surface area contributed by atoms with Crippen molar-refractivity contribution < 1.29 is 4.74 Å². The second kappa shape index (κ2) is 11.1. The van der Waals surface area contributed by atoms with E-state index >= 15 is 0 Å². The number of ether oxygens (including phenoxy) is 1. The van der Waals surface area contributed by atoms with E-state index in [4.69, 9.17) is 24.7 Å². The number of aromatic nitrogens is 4. The molecule has 0 radical (unpaired) electrons. The first-order chi connectivity index (χ1) is 22.7.